The van der Waals surface area contributed by atoms with Crippen LogP contribution in [-0.2, 0) is 0 Å². The van der Waals surface area contributed by atoms with Gasteiger partial charge >= 0.3 is 0 Å². The average Bonchev–Trinajstić information content (AvgIpc) is 2.98. The minimum absolute atomic E-state index is 0.175. The molecule has 1 aromatic carbocycles. The van der Waals surface area contributed by atoms with Crippen LogP contribution >= 0.6 is 11.3 Å². The smallest absolute Gasteiger partial charge is 0.186 e. The molecule has 0 radical (unpaired) electrons. The van der Waals surface area contributed by atoms with Crippen LogP contribution in [0.25, 0.3) is 0 Å². The molecule has 0 amide bonds. The molecular formula is C14H17N3O2S. The Bertz CT molecular complexity index is 583. The molecule has 3 rings (SSSR count). The molecule has 2 heterocycles. The third-order valence-corrected chi connectivity index (χ3v) is 4.42. The molecule has 20 heavy (non-hydrogen) atoms. The minimum atomic E-state index is -0.175. The summed E-state index contributed by atoms with van der Waals surface area (Å²) in [6, 6.07) is 7.93. The number of fused-ring (bicyclic) bond motifs is 1. The second kappa shape index (κ2) is 5.76. The maximum Gasteiger partial charge on any atom is 0.186 e. The molecule has 106 valence electrons. The van der Waals surface area contributed by atoms with E-state index < -0.39 is 0 Å². The Kier molecular flexibility index (Phi) is 3.84. The number of hydrogen-bond acceptors (Lipinski definition) is 6. The van der Waals surface area contributed by atoms with Gasteiger partial charge in [0.2, 0.25) is 0 Å². The van der Waals surface area contributed by atoms with Crippen molar-refractivity contribution in [2.45, 2.75) is 25.5 Å². The monoisotopic (exact) mass is 291 g/mol. The van der Waals surface area contributed by atoms with Crippen molar-refractivity contribution >= 4 is 11.3 Å². The molecule has 0 saturated carbocycles. The summed E-state index contributed by atoms with van der Waals surface area (Å²) >= 11 is 1.58. The summed E-state index contributed by atoms with van der Waals surface area (Å²) < 4.78 is 11.7. The van der Waals surface area contributed by atoms with Crippen molar-refractivity contribution in [2.75, 3.05) is 13.7 Å². The summed E-state index contributed by atoms with van der Waals surface area (Å²) in [6.07, 6.45) is 0.807. The van der Waals surface area contributed by atoms with E-state index in [1.54, 1.807) is 11.3 Å². The number of nitrogens with zero attached hydrogens (tertiary/aromatic N) is 2. The first-order chi connectivity index (χ1) is 9.81. The van der Waals surface area contributed by atoms with Gasteiger partial charge in [-0.3, -0.25) is 0 Å². The van der Waals surface area contributed by atoms with Crippen LogP contribution in [0.4, 0.5) is 0 Å². The Hall–Kier alpha value is -1.66. The predicted octanol–water partition coefficient (Wildman–Crippen LogP) is 2.72. The molecule has 0 spiro atoms. The van der Waals surface area contributed by atoms with Gasteiger partial charge in [0.1, 0.15) is 11.6 Å². The summed E-state index contributed by atoms with van der Waals surface area (Å²) in [6.45, 7) is 2.60. The van der Waals surface area contributed by atoms with Gasteiger partial charge < -0.3 is 14.8 Å². The molecule has 0 saturated heterocycles. The van der Waals surface area contributed by atoms with E-state index >= 15 is 0 Å². The maximum absolute atomic E-state index is 5.94. The summed E-state index contributed by atoms with van der Waals surface area (Å²) in [7, 11) is 1.94. The van der Waals surface area contributed by atoms with E-state index in [1.165, 1.54) is 0 Å². The topological polar surface area (TPSA) is 56.3 Å². The highest BCUT2D eigenvalue weighted by Gasteiger charge is 2.26. The fraction of sp³-hybridized carbons (Fsp3) is 0.429. The summed E-state index contributed by atoms with van der Waals surface area (Å²) in [4.78, 5) is 0. The first kappa shape index (κ1) is 13.3. The molecule has 1 aliphatic rings. The van der Waals surface area contributed by atoms with Gasteiger partial charge in [-0.2, -0.15) is 0 Å². The molecule has 2 unspecified atom stereocenters. The molecule has 0 aliphatic carbocycles. The Labute approximate surface area is 121 Å². The lowest BCUT2D eigenvalue weighted by atomic mass is 10.2. The molecule has 5 nitrogen and oxygen atoms in total. The van der Waals surface area contributed by atoms with Gasteiger partial charge in [0.15, 0.2) is 22.6 Å². The highest BCUT2D eigenvalue weighted by Crippen LogP contribution is 2.37. The third kappa shape index (κ3) is 2.48. The van der Waals surface area contributed by atoms with E-state index in [0.717, 1.165) is 27.9 Å². The third-order valence-electron chi connectivity index (χ3n) is 3.30. The Morgan fingerprint density at radius 3 is 2.90 bits per heavy atom. The normalized spacial score (nSPS) is 18.8. The first-order valence-corrected chi connectivity index (χ1v) is 7.52. The molecule has 2 aromatic rings. The van der Waals surface area contributed by atoms with Crippen LogP contribution in [0, 0.1) is 0 Å². The van der Waals surface area contributed by atoms with Crippen molar-refractivity contribution in [1.82, 2.24) is 15.5 Å². The zero-order valence-electron chi connectivity index (χ0n) is 11.5. The average molecular weight is 291 g/mol. The lowest BCUT2D eigenvalue weighted by Gasteiger charge is -2.24. The number of rotatable bonds is 4. The van der Waals surface area contributed by atoms with Gasteiger partial charge in [0.25, 0.3) is 0 Å². The van der Waals surface area contributed by atoms with Crippen molar-refractivity contribution < 1.29 is 9.47 Å². The SMILES string of the molecule is CCC(NC)c1nnc(C2COc3ccccc3O2)s1. The van der Waals surface area contributed by atoms with Gasteiger partial charge in [-0.25, -0.2) is 0 Å². The van der Waals surface area contributed by atoms with Crippen molar-refractivity contribution in [3.63, 3.8) is 0 Å². The number of para-hydroxylation sites is 2. The van der Waals surface area contributed by atoms with E-state index in [0.29, 0.717) is 6.61 Å². The first-order valence-electron chi connectivity index (χ1n) is 6.71. The number of ether oxygens (including phenoxy) is 2. The maximum atomic E-state index is 5.94. The molecular weight excluding hydrogens is 274 g/mol. The lowest BCUT2D eigenvalue weighted by molar-refractivity contribution is 0.0906. The van der Waals surface area contributed by atoms with Crippen LogP contribution in [0.1, 0.15) is 35.5 Å². The van der Waals surface area contributed by atoms with Crippen LogP contribution in [0.2, 0.25) is 0 Å². The van der Waals surface area contributed by atoms with Gasteiger partial charge in [-0.05, 0) is 25.6 Å². The van der Waals surface area contributed by atoms with Crippen molar-refractivity contribution in [3.8, 4) is 11.5 Å². The second-order valence-corrected chi connectivity index (χ2v) is 5.63. The van der Waals surface area contributed by atoms with Crippen LogP contribution < -0.4 is 14.8 Å². The standard InChI is InChI=1S/C14H17N3O2S/c1-3-9(15-2)13-16-17-14(20-13)12-8-18-10-6-4-5-7-11(10)19-12/h4-7,9,12,15H,3,8H2,1-2H3. The van der Waals surface area contributed by atoms with Gasteiger partial charge in [-0.1, -0.05) is 30.4 Å². The molecule has 0 fully saturated rings. The highest BCUT2D eigenvalue weighted by molar-refractivity contribution is 7.11. The fourth-order valence-corrected chi connectivity index (χ4v) is 3.21. The summed E-state index contributed by atoms with van der Waals surface area (Å²) in [5, 5.41) is 13.6. The lowest BCUT2D eigenvalue weighted by Crippen LogP contribution is -2.21. The zero-order chi connectivity index (χ0) is 13.9. The van der Waals surface area contributed by atoms with Crippen molar-refractivity contribution in [3.05, 3.63) is 34.3 Å². The summed E-state index contributed by atoms with van der Waals surface area (Å²) in [5.41, 5.74) is 0. The van der Waals surface area contributed by atoms with Crippen LogP contribution in [0.3, 0.4) is 0 Å². The summed E-state index contributed by atoms with van der Waals surface area (Å²) in [5.74, 6) is 1.55. The largest absolute Gasteiger partial charge is 0.485 e. The fourth-order valence-electron chi connectivity index (χ4n) is 2.16. The quantitative estimate of drug-likeness (QED) is 0.938. The highest BCUT2D eigenvalue weighted by atomic mass is 32.1. The van der Waals surface area contributed by atoms with Crippen molar-refractivity contribution in [2.24, 2.45) is 0 Å². The van der Waals surface area contributed by atoms with Gasteiger partial charge in [0, 0.05) is 0 Å². The number of nitrogens with one attached hydrogen (secondary N) is 1. The molecule has 2 atom stereocenters. The van der Waals surface area contributed by atoms with Crippen LogP contribution in [0.5, 0.6) is 11.5 Å². The number of hydrogen-bond donors (Lipinski definition) is 1. The van der Waals surface area contributed by atoms with Crippen molar-refractivity contribution in [1.29, 1.82) is 0 Å². The van der Waals surface area contributed by atoms with Crippen LogP contribution in [0.15, 0.2) is 24.3 Å². The van der Waals surface area contributed by atoms with E-state index in [1.807, 2.05) is 31.3 Å². The zero-order valence-corrected chi connectivity index (χ0v) is 12.3. The number of benzene rings is 1. The Balaban J connectivity index is 1.78. The molecule has 6 heteroatoms. The van der Waals surface area contributed by atoms with Crippen LogP contribution in [-0.4, -0.2) is 23.9 Å². The van der Waals surface area contributed by atoms with E-state index in [4.69, 9.17) is 9.47 Å². The second-order valence-electron chi connectivity index (χ2n) is 4.59. The predicted molar refractivity (Wildman–Crippen MR) is 77.3 cm³/mol. The molecule has 0 bridgehead atoms. The van der Waals surface area contributed by atoms with E-state index in [2.05, 4.69) is 22.4 Å². The molecule has 1 aliphatic heterocycles. The Morgan fingerprint density at radius 2 is 2.15 bits per heavy atom. The Morgan fingerprint density at radius 1 is 1.35 bits per heavy atom. The van der Waals surface area contributed by atoms with E-state index in [9.17, 15) is 0 Å². The number of aromatic nitrogens is 2. The van der Waals surface area contributed by atoms with Gasteiger partial charge in [0.05, 0.1) is 6.04 Å². The molecule has 1 aromatic heterocycles. The van der Waals surface area contributed by atoms with Gasteiger partial charge in [-0.15, -0.1) is 10.2 Å². The minimum Gasteiger partial charge on any atom is -0.485 e. The molecule has 1 N–H and O–H groups in total. The van der Waals surface area contributed by atoms with E-state index in [-0.39, 0.29) is 12.1 Å².